The van der Waals surface area contributed by atoms with Gasteiger partial charge in [-0.2, -0.15) is 0 Å². The molecule has 0 aliphatic carbocycles. The molecular weight excluding hydrogens is 184 g/mol. The van der Waals surface area contributed by atoms with Gasteiger partial charge in [-0.1, -0.05) is 48.6 Å². The van der Waals surface area contributed by atoms with Crippen molar-refractivity contribution >= 4 is 0 Å². The Hall–Kier alpha value is -1.34. The number of benzene rings is 1. The number of rotatable bonds is 6. The van der Waals surface area contributed by atoms with Crippen LogP contribution in [0.25, 0.3) is 0 Å². The molecule has 0 fully saturated rings. The summed E-state index contributed by atoms with van der Waals surface area (Å²) in [6.07, 6.45) is 8.14. The third-order valence-electron chi connectivity index (χ3n) is 2.28. The topological polar surface area (TPSA) is 9.23 Å². The van der Waals surface area contributed by atoms with Gasteiger partial charge in [0.05, 0.1) is 6.10 Å². The van der Waals surface area contributed by atoms with E-state index in [9.17, 15) is 0 Å². The van der Waals surface area contributed by atoms with Gasteiger partial charge in [0.2, 0.25) is 0 Å². The molecule has 1 unspecified atom stereocenters. The highest BCUT2D eigenvalue weighted by atomic mass is 16.5. The van der Waals surface area contributed by atoms with E-state index in [1.807, 2.05) is 24.3 Å². The van der Waals surface area contributed by atoms with Gasteiger partial charge in [0.25, 0.3) is 0 Å². The Bertz CT molecular complexity index is 300. The predicted octanol–water partition coefficient (Wildman–Crippen LogP) is 3.90. The third-order valence-corrected chi connectivity index (χ3v) is 2.28. The van der Waals surface area contributed by atoms with Gasteiger partial charge in [0.1, 0.15) is 0 Å². The minimum Gasteiger partial charge on any atom is -0.376 e. The molecule has 1 atom stereocenters. The molecule has 0 aliphatic heterocycles. The quantitative estimate of drug-likeness (QED) is 0.636. The molecule has 15 heavy (non-hydrogen) atoms. The van der Waals surface area contributed by atoms with Gasteiger partial charge in [-0.3, -0.25) is 0 Å². The molecule has 1 nitrogen and oxygen atoms in total. The lowest BCUT2D eigenvalue weighted by Crippen LogP contribution is -1.99. The van der Waals surface area contributed by atoms with Gasteiger partial charge >= 0.3 is 0 Å². The molecule has 0 aromatic heterocycles. The van der Waals surface area contributed by atoms with Crippen LogP contribution in [0.5, 0.6) is 0 Å². The highest BCUT2D eigenvalue weighted by Crippen LogP contribution is 2.20. The first-order valence-corrected chi connectivity index (χ1v) is 5.22. The zero-order valence-corrected chi connectivity index (χ0v) is 9.23. The van der Waals surface area contributed by atoms with Crippen molar-refractivity contribution in [3.05, 3.63) is 60.7 Å². The Kier molecular flexibility index (Phi) is 5.49. The van der Waals surface area contributed by atoms with E-state index in [0.29, 0.717) is 0 Å². The minimum atomic E-state index is 0.160. The smallest absolute Gasteiger partial charge is 0.0855 e. The summed E-state index contributed by atoms with van der Waals surface area (Å²) in [6.45, 7) is 3.67. The standard InChI is InChI=1S/C14H18O/c1-3-4-5-9-12-14(15-2)13-10-7-6-8-11-13/h3,5-11,14H,1,4,12H2,2H3/b9-5+. The second-order valence-corrected chi connectivity index (χ2v) is 3.37. The SMILES string of the molecule is C=CC/C=C/CC(OC)c1ccccc1. The van der Waals surface area contributed by atoms with Crippen LogP contribution in [-0.2, 0) is 4.74 Å². The molecule has 1 rings (SSSR count). The van der Waals surface area contributed by atoms with Crippen LogP contribution in [0, 0.1) is 0 Å². The van der Waals surface area contributed by atoms with Gasteiger partial charge < -0.3 is 4.74 Å². The number of allylic oxidation sites excluding steroid dienone is 2. The average Bonchev–Trinajstić information content (AvgIpc) is 2.30. The van der Waals surface area contributed by atoms with E-state index in [4.69, 9.17) is 4.74 Å². The van der Waals surface area contributed by atoms with E-state index in [1.54, 1.807) is 7.11 Å². The maximum Gasteiger partial charge on any atom is 0.0855 e. The fraction of sp³-hybridized carbons (Fsp3) is 0.286. The van der Waals surface area contributed by atoms with Crippen molar-refractivity contribution in [3.8, 4) is 0 Å². The Morgan fingerprint density at radius 3 is 2.60 bits per heavy atom. The van der Waals surface area contributed by atoms with E-state index in [-0.39, 0.29) is 6.10 Å². The lowest BCUT2D eigenvalue weighted by atomic mass is 10.1. The number of hydrogen-bond acceptors (Lipinski definition) is 1. The van der Waals surface area contributed by atoms with Crippen LogP contribution in [0.1, 0.15) is 24.5 Å². The Balaban J connectivity index is 2.53. The third kappa shape index (κ3) is 4.13. The zero-order chi connectivity index (χ0) is 10.9. The summed E-state index contributed by atoms with van der Waals surface area (Å²) in [6, 6.07) is 10.3. The summed E-state index contributed by atoms with van der Waals surface area (Å²) >= 11 is 0. The van der Waals surface area contributed by atoms with Crippen LogP contribution < -0.4 is 0 Å². The van der Waals surface area contributed by atoms with Crippen LogP contribution in [0.3, 0.4) is 0 Å². The van der Waals surface area contributed by atoms with Crippen LogP contribution in [0.4, 0.5) is 0 Å². The second kappa shape index (κ2) is 7.02. The van der Waals surface area contributed by atoms with Crippen molar-refractivity contribution in [1.29, 1.82) is 0 Å². The summed E-state index contributed by atoms with van der Waals surface area (Å²) in [5.74, 6) is 0. The van der Waals surface area contributed by atoms with E-state index >= 15 is 0 Å². The van der Waals surface area contributed by atoms with Gasteiger partial charge in [0.15, 0.2) is 0 Å². The minimum absolute atomic E-state index is 0.160. The maximum absolute atomic E-state index is 5.44. The summed E-state index contributed by atoms with van der Waals surface area (Å²) in [5.41, 5.74) is 1.23. The van der Waals surface area contributed by atoms with Gasteiger partial charge in [0, 0.05) is 7.11 Å². The van der Waals surface area contributed by atoms with Crippen LogP contribution in [0.15, 0.2) is 55.1 Å². The van der Waals surface area contributed by atoms with Crippen LogP contribution >= 0.6 is 0 Å². The van der Waals surface area contributed by atoms with Crippen molar-refractivity contribution in [2.75, 3.05) is 7.11 Å². The lowest BCUT2D eigenvalue weighted by Gasteiger charge is -2.13. The zero-order valence-electron chi connectivity index (χ0n) is 9.23. The van der Waals surface area contributed by atoms with Crippen molar-refractivity contribution in [3.63, 3.8) is 0 Å². The predicted molar refractivity (Wildman–Crippen MR) is 64.8 cm³/mol. The van der Waals surface area contributed by atoms with Crippen LogP contribution in [-0.4, -0.2) is 7.11 Å². The maximum atomic E-state index is 5.44. The summed E-state index contributed by atoms with van der Waals surface area (Å²) in [4.78, 5) is 0. The van der Waals surface area contributed by atoms with Crippen molar-refractivity contribution in [2.45, 2.75) is 18.9 Å². The molecular formula is C14H18O. The molecule has 0 bridgehead atoms. The average molecular weight is 202 g/mol. The summed E-state index contributed by atoms with van der Waals surface area (Å²) in [5, 5.41) is 0. The van der Waals surface area contributed by atoms with Crippen LogP contribution in [0.2, 0.25) is 0 Å². The molecule has 0 heterocycles. The second-order valence-electron chi connectivity index (χ2n) is 3.37. The monoisotopic (exact) mass is 202 g/mol. The Morgan fingerprint density at radius 1 is 1.27 bits per heavy atom. The Labute approximate surface area is 92.1 Å². The summed E-state index contributed by atoms with van der Waals surface area (Å²) in [7, 11) is 1.75. The van der Waals surface area contributed by atoms with Crippen molar-refractivity contribution in [1.82, 2.24) is 0 Å². The number of methoxy groups -OCH3 is 1. The largest absolute Gasteiger partial charge is 0.376 e. The van der Waals surface area contributed by atoms with E-state index in [1.165, 1.54) is 5.56 Å². The molecule has 0 aliphatic rings. The highest BCUT2D eigenvalue weighted by Gasteiger charge is 2.06. The molecule has 0 radical (unpaired) electrons. The van der Waals surface area contributed by atoms with E-state index in [0.717, 1.165) is 12.8 Å². The van der Waals surface area contributed by atoms with Gasteiger partial charge in [-0.15, -0.1) is 6.58 Å². The molecule has 0 spiro atoms. The summed E-state index contributed by atoms with van der Waals surface area (Å²) < 4.78 is 5.44. The molecule has 0 N–H and O–H groups in total. The molecule has 80 valence electrons. The van der Waals surface area contributed by atoms with E-state index < -0.39 is 0 Å². The van der Waals surface area contributed by atoms with Crippen molar-refractivity contribution in [2.24, 2.45) is 0 Å². The normalized spacial score (nSPS) is 12.9. The fourth-order valence-corrected chi connectivity index (χ4v) is 1.45. The van der Waals surface area contributed by atoms with Gasteiger partial charge in [-0.25, -0.2) is 0 Å². The fourth-order valence-electron chi connectivity index (χ4n) is 1.45. The van der Waals surface area contributed by atoms with Gasteiger partial charge in [-0.05, 0) is 18.4 Å². The van der Waals surface area contributed by atoms with E-state index in [2.05, 4.69) is 30.9 Å². The number of hydrogen-bond donors (Lipinski definition) is 0. The molecule has 0 amide bonds. The first-order valence-electron chi connectivity index (χ1n) is 5.22. The molecule has 1 aromatic carbocycles. The highest BCUT2D eigenvalue weighted by molar-refractivity contribution is 5.18. The Morgan fingerprint density at radius 2 is 2.00 bits per heavy atom. The van der Waals surface area contributed by atoms with Crippen molar-refractivity contribution < 1.29 is 4.74 Å². The molecule has 0 saturated carbocycles. The first kappa shape index (κ1) is 11.7. The molecule has 1 heteroatoms. The first-order chi connectivity index (χ1) is 7.38. The molecule has 1 aromatic rings. The number of ether oxygens (including phenoxy) is 1. The lowest BCUT2D eigenvalue weighted by molar-refractivity contribution is 0.106. The molecule has 0 saturated heterocycles.